The van der Waals surface area contributed by atoms with Crippen molar-refractivity contribution in [3.63, 3.8) is 0 Å². The summed E-state index contributed by atoms with van der Waals surface area (Å²) in [6.45, 7) is 0. The molecule has 4 heteroatoms. The fourth-order valence-corrected chi connectivity index (χ4v) is 3.30. The third-order valence-corrected chi connectivity index (χ3v) is 4.51. The molecule has 4 nitrogen and oxygen atoms in total. The molecule has 3 aromatic carbocycles. The first-order chi connectivity index (χ1) is 12.9. The SMILES string of the molecule is c1ccc(-c2c(-n3cnc4ccccc43)cnn2-c2ccccc2)cc1. The van der Waals surface area contributed by atoms with Crippen LogP contribution < -0.4 is 0 Å². The van der Waals surface area contributed by atoms with Crippen LogP contribution in [0.3, 0.4) is 0 Å². The number of nitrogens with zero attached hydrogens (tertiary/aromatic N) is 4. The molecule has 26 heavy (non-hydrogen) atoms. The highest BCUT2D eigenvalue weighted by Crippen LogP contribution is 2.31. The van der Waals surface area contributed by atoms with E-state index < -0.39 is 0 Å². The molecule has 2 aromatic heterocycles. The predicted octanol–water partition coefficient (Wildman–Crippen LogP) is 4.88. The van der Waals surface area contributed by atoms with Gasteiger partial charge in [0.25, 0.3) is 0 Å². The Labute approximate surface area is 151 Å². The first kappa shape index (κ1) is 14.7. The molecule has 0 amide bonds. The van der Waals surface area contributed by atoms with Crippen molar-refractivity contribution in [2.75, 3.05) is 0 Å². The monoisotopic (exact) mass is 336 g/mol. The van der Waals surface area contributed by atoms with E-state index in [1.54, 1.807) is 0 Å². The van der Waals surface area contributed by atoms with Crippen molar-refractivity contribution in [2.45, 2.75) is 0 Å². The van der Waals surface area contributed by atoms with E-state index in [9.17, 15) is 0 Å². The Kier molecular flexibility index (Phi) is 3.39. The van der Waals surface area contributed by atoms with Gasteiger partial charge >= 0.3 is 0 Å². The van der Waals surface area contributed by atoms with Crippen LogP contribution in [0, 0.1) is 0 Å². The number of hydrogen-bond acceptors (Lipinski definition) is 2. The van der Waals surface area contributed by atoms with E-state index in [0.717, 1.165) is 33.7 Å². The average molecular weight is 336 g/mol. The molecule has 0 fully saturated rings. The van der Waals surface area contributed by atoms with E-state index in [2.05, 4.69) is 39.9 Å². The lowest BCUT2D eigenvalue weighted by atomic mass is 10.1. The lowest BCUT2D eigenvalue weighted by Gasteiger charge is -2.11. The molecule has 0 radical (unpaired) electrons. The van der Waals surface area contributed by atoms with Crippen molar-refractivity contribution >= 4 is 11.0 Å². The van der Waals surface area contributed by atoms with Gasteiger partial charge in [-0.05, 0) is 24.3 Å². The van der Waals surface area contributed by atoms with E-state index in [4.69, 9.17) is 5.10 Å². The van der Waals surface area contributed by atoms with Gasteiger partial charge in [-0.25, -0.2) is 9.67 Å². The summed E-state index contributed by atoms with van der Waals surface area (Å²) in [5.41, 5.74) is 6.23. The smallest absolute Gasteiger partial charge is 0.101 e. The largest absolute Gasteiger partial charge is 0.295 e. The van der Waals surface area contributed by atoms with Crippen LogP contribution in [0.25, 0.3) is 33.7 Å². The molecule has 0 aliphatic carbocycles. The van der Waals surface area contributed by atoms with E-state index >= 15 is 0 Å². The molecule has 0 atom stereocenters. The molecular formula is C22H16N4. The van der Waals surface area contributed by atoms with Crippen LogP contribution in [0.4, 0.5) is 0 Å². The molecule has 0 N–H and O–H groups in total. The summed E-state index contributed by atoms with van der Waals surface area (Å²) >= 11 is 0. The number of hydrogen-bond donors (Lipinski definition) is 0. The van der Waals surface area contributed by atoms with Gasteiger partial charge in [0.05, 0.1) is 34.3 Å². The zero-order valence-corrected chi connectivity index (χ0v) is 14.0. The zero-order chi connectivity index (χ0) is 17.3. The Morgan fingerprint density at radius 1 is 0.692 bits per heavy atom. The Balaban J connectivity index is 1.80. The predicted molar refractivity (Wildman–Crippen MR) is 104 cm³/mol. The van der Waals surface area contributed by atoms with Crippen molar-refractivity contribution in [3.8, 4) is 22.6 Å². The molecule has 0 saturated carbocycles. The number of aromatic nitrogens is 4. The number of rotatable bonds is 3. The van der Waals surface area contributed by atoms with Gasteiger partial charge in [0.15, 0.2) is 0 Å². The quantitative estimate of drug-likeness (QED) is 0.471. The molecular weight excluding hydrogens is 320 g/mol. The molecule has 0 bridgehead atoms. The maximum Gasteiger partial charge on any atom is 0.101 e. The van der Waals surface area contributed by atoms with Gasteiger partial charge in [-0.2, -0.15) is 5.10 Å². The summed E-state index contributed by atoms with van der Waals surface area (Å²) in [5.74, 6) is 0. The second-order valence-corrected chi connectivity index (χ2v) is 6.10. The second kappa shape index (κ2) is 6.01. The number of benzene rings is 3. The molecule has 0 unspecified atom stereocenters. The average Bonchev–Trinajstić information content (AvgIpc) is 3.33. The van der Waals surface area contributed by atoms with Crippen molar-refractivity contribution < 1.29 is 0 Å². The van der Waals surface area contributed by atoms with Gasteiger partial charge in [0.2, 0.25) is 0 Å². The topological polar surface area (TPSA) is 35.6 Å². The molecule has 124 valence electrons. The fraction of sp³-hybridized carbons (Fsp3) is 0. The minimum absolute atomic E-state index is 0.971. The third kappa shape index (κ3) is 2.31. The fourth-order valence-electron chi connectivity index (χ4n) is 3.30. The third-order valence-electron chi connectivity index (χ3n) is 4.51. The van der Waals surface area contributed by atoms with Gasteiger partial charge in [-0.3, -0.25) is 4.57 Å². The maximum absolute atomic E-state index is 4.69. The van der Waals surface area contributed by atoms with Crippen molar-refractivity contribution in [1.82, 2.24) is 19.3 Å². The lowest BCUT2D eigenvalue weighted by molar-refractivity contribution is 0.888. The minimum Gasteiger partial charge on any atom is -0.295 e. The van der Waals surface area contributed by atoms with Crippen LogP contribution in [0.2, 0.25) is 0 Å². The standard InChI is InChI=1S/C22H16N4/c1-3-9-17(10-4-1)22-21(15-24-26(22)18-11-5-2-6-12-18)25-16-23-19-13-7-8-14-20(19)25/h1-16H. The van der Waals surface area contributed by atoms with E-state index in [1.807, 2.05) is 71.8 Å². The zero-order valence-electron chi connectivity index (χ0n) is 14.0. The van der Waals surface area contributed by atoms with Crippen LogP contribution in [-0.2, 0) is 0 Å². The Morgan fingerprint density at radius 2 is 1.38 bits per heavy atom. The van der Waals surface area contributed by atoms with Gasteiger partial charge < -0.3 is 0 Å². The van der Waals surface area contributed by atoms with Gasteiger partial charge in [-0.1, -0.05) is 60.7 Å². The Bertz CT molecular complexity index is 1170. The molecule has 5 aromatic rings. The highest BCUT2D eigenvalue weighted by molar-refractivity contribution is 5.80. The molecule has 2 heterocycles. The van der Waals surface area contributed by atoms with Crippen molar-refractivity contribution in [2.24, 2.45) is 0 Å². The van der Waals surface area contributed by atoms with E-state index in [0.29, 0.717) is 0 Å². The first-order valence-corrected chi connectivity index (χ1v) is 8.53. The van der Waals surface area contributed by atoms with Crippen molar-refractivity contribution in [1.29, 1.82) is 0 Å². The van der Waals surface area contributed by atoms with E-state index in [-0.39, 0.29) is 0 Å². The highest BCUT2D eigenvalue weighted by atomic mass is 15.3. The normalized spacial score (nSPS) is 11.1. The number of imidazole rings is 1. The Morgan fingerprint density at radius 3 is 2.19 bits per heavy atom. The van der Waals surface area contributed by atoms with E-state index in [1.165, 1.54) is 0 Å². The van der Waals surface area contributed by atoms with Crippen molar-refractivity contribution in [3.05, 3.63) is 97.5 Å². The summed E-state index contributed by atoms with van der Waals surface area (Å²) in [7, 11) is 0. The minimum atomic E-state index is 0.971. The van der Waals surface area contributed by atoms with Gasteiger partial charge in [0.1, 0.15) is 6.33 Å². The summed E-state index contributed by atoms with van der Waals surface area (Å²) in [5, 5.41) is 4.69. The highest BCUT2D eigenvalue weighted by Gasteiger charge is 2.17. The molecule has 0 spiro atoms. The van der Waals surface area contributed by atoms with Crippen LogP contribution in [0.15, 0.2) is 97.5 Å². The lowest BCUT2D eigenvalue weighted by Crippen LogP contribution is -2.01. The molecule has 0 saturated heterocycles. The Hall–Kier alpha value is -3.66. The molecule has 0 aliphatic heterocycles. The van der Waals surface area contributed by atoms with Crippen LogP contribution in [0.5, 0.6) is 0 Å². The molecule has 0 aliphatic rings. The molecule has 5 rings (SSSR count). The van der Waals surface area contributed by atoms with Crippen LogP contribution >= 0.6 is 0 Å². The summed E-state index contributed by atoms with van der Waals surface area (Å²) in [4.78, 5) is 4.54. The summed E-state index contributed by atoms with van der Waals surface area (Å²) in [6.07, 6.45) is 3.77. The first-order valence-electron chi connectivity index (χ1n) is 8.53. The van der Waals surface area contributed by atoms with Gasteiger partial charge in [-0.15, -0.1) is 0 Å². The van der Waals surface area contributed by atoms with Gasteiger partial charge in [0, 0.05) is 5.56 Å². The van der Waals surface area contributed by atoms with Crippen LogP contribution in [-0.4, -0.2) is 19.3 Å². The maximum atomic E-state index is 4.69. The number of fused-ring (bicyclic) bond motifs is 1. The summed E-state index contributed by atoms with van der Waals surface area (Å²) in [6, 6.07) is 28.7. The second-order valence-electron chi connectivity index (χ2n) is 6.10. The van der Waals surface area contributed by atoms with Crippen LogP contribution in [0.1, 0.15) is 0 Å². The number of para-hydroxylation sites is 3. The summed E-state index contributed by atoms with van der Waals surface area (Å²) < 4.78 is 4.09.